The molecular formula is C11H15N5O3. The first kappa shape index (κ1) is 12.1. The van der Waals surface area contributed by atoms with E-state index >= 15 is 0 Å². The molecular weight excluding hydrogens is 250 g/mol. The van der Waals surface area contributed by atoms with Gasteiger partial charge in [-0.3, -0.25) is 14.9 Å². The lowest BCUT2D eigenvalue weighted by atomic mass is 10.2. The number of carbonyl (C=O) groups excluding carboxylic acids is 2. The second kappa shape index (κ2) is 4.61. The van der Waals surface area contributed by atoms with Crippen LogP contribution in [0.2, 0.25) is 0 Å². The molecule has 2 fully saturated rings. The number of nitrogens with one attached hydrogen (secondary N) is 2. The second-order valence-electron chi connectivity index (χ2n) is 4.85. The molecule has 19 heavy (non-hydrogen) atoms. The largest absolute Gasteiger partial charge is 0.407 e. The van der Waals surface area contributed by atoms with Gasteiger partial charge in [-0.2, -0.15) is 0 Å². The molecule has 3 rings (SSSR count). The van der Waals surface area contributed by atoms with Crippen LogP contribution in [0, 0.1) is 0 Å². The molecule has 1 aliphatic heterocycles. The number of hydrogen-bond donors (Lipinski definition) is 2. The highest BCUT2D eigenvalue weighted by Crippen LogP contribution is 2.20. The molecule has 1 aliphatic carbocycles. The van der Waals surface area contributed by atoms with Crippen molar-refractivity contribution >= 4 is 17.8 Å². The Morgan fingerprint density at radius 2 is 2.21 bits per heavy atom. The zero-order valence-corrected chi connectivity index (χ0v) is 10.5. The van der Waals surface area contributed by atoms with Crippen LogP contribution in [0.1, 0.15) is 25.7 Å². The van der Waals surface area contributed by atoms with Gasteiger partial charge in [0.2, 0.25) is 17.7 Å². The van der Waals surface area contributed by atoms with Crippen molar-refractivity contribution < 1.29 is 14.0 Å². The molecule has 1 saturated heterocycles. The van der Waals surface area contributed by atoms with Crippen LogP contribution in [0.3, 0.4) is 0 Å². The Balaban J connectivity index is 1.69. The van der Waals surface area contributed by atoms with Crippen LogP contribution in [-0.4, -0.2) is 40.6 Å². The summed E-state index contributed by atoms with van der Waals surface area (Å²) in [7, 11) is 0. The SMILES string of the molecule is CC1C(=O)NC(=O)CN1c1nnc(CNC2CC2)o1. The van der Waals surface area contributed by atoms with E-state index in [2.05, 4.69) is 20.8 Å². The fourth-order valence-corrected chi connectivity index (χ4v) is 1.90. The van der Waals surface area contributed by atoms with Crippen LogP contribution < -0.4 is 15.5 Å². The average Bonchev–Trinajstić information content (AvgIpc) is 3.09. The molecule has 1 unspecified atom stereocenters. The molecule has 2 heterocycles. The van der Waals surface area contributed by atoms with Crippen LogP contribution in [-0.2, 0) is 16.1 Å². The molecule has 2 amide bonds. The third-order valence-corrected chi connectivity index (χ3v) is 3.24. The molecule has 0 bridgehead atoms. The summed E-state index contributed by atoms with van der Waals surface area (Å²) in [6, 6.07) is 0.266. The van der Waals surface area contributed by atoms with Gasteiger partial charge in [0.15, 0.2) is 0 Å². The zero-order chi connectivity index (χ0) is 13.4. The van der Waals surface area contributed by atoms with E-state index < -0.39 is 6.04 Å². The van der Waals surface area contributed by atoms with Crippen molar-refractivity contribution in [3.8, 4) is 0 Å². The lowest BCUT2D eigenvalue weighted by Gasteiger charge is -2.29. The number of carbonyl (C=O) groups is 2. The first-order valence-corrected chi connectivity index (χ1v) is 6.29. The third kappa shape index (κ3) is 2.58. The smallest absolute Gasteiger partial charge is 0.319 e. The molecule has 1 aromatic heterocycles. The van der Waals surface area contributed by atoms with Crippen LogP contribution in [0.15, 0.2) is 4.42 Å². The molecule has 0 radical (unpaired) electrons. The van der Waals surface area contributed by atoms with Crippen molar-refractivity contribution in [2.45, 2.75) is 38.4 Å². The molecule has 1 saturated carbocycles. The summed E-state index contributed by atoms with van der Waals surface area (Å²) in [4.78, 5) is 24.4. The number of rotatable bonds is 4. The summed E-state index contributed by atoms with van der Waals surface area (Å²) >= 11 is 0. The van der Waals surface area contributed by atoms with Crippen LogP contribution in [0.25, 0.3) is 0 Å². The first-order chi connectivity index (χ1) is 9.13. The van der Waals surface area contributed by atoms with Gasteiger partial charge >= 0.3 is 6.01 Å². The lowest BCUT2D eigenvalue weighted by molar-refractivity contribution is -0.132. The highest BCUT2D eigenvalue weighted by Gasteiger charge is 2.33. The van der Waals surface area contributed by atoms with Gasteiger partial charge in [0.05, 0.1) is 6.54 Å². The van der Waals surface area contributed by atoms with E-state index in [0.717, 1.165) is 0 Å². The van der Waals surface area contributed by atoms with E-state index in [9.17, 15) is 9.59 Å². The third-order valence-electron chi connectivity index (χ3n) is 3.24. The number of aromatic nitrogens is 2. The van der Waals surface area contributed by atoms with E-state index in [1.807, 2.05) is 0 Å². The molecule has 1 aromatic rings. The summed E-state index contributed by atoms with van der Waals surface area (Å²) in [5.41, 5.74) is 0. The summed E-state index contributed by atoms with van der Waals surface area (Å²) < 4.78 is 5.48. The summed E-state index contributed by atoms with van der Waals surface area (Å²) in [5.74, 6) is -0.251. The van der Waals surface area contributed by atoms with Gasteiger partial charge in [0.25, 0.3) is 0 Å². The lowest BCUT2D eigenvalue weighted by Crippen LogP contribution is -2.57. The highest BCUT2D eigenvalue weighted by atomic mass is 16.4. The van der Waals surface area contributed by atoms with E-state index in [0.29, 0.717) is 18.5 Å². The summed E-state index contributed by atoms with van der Waals surface area (Å²) in [6.45, 7) is 2.25. The van der Waals surface area contributed by atoms with Gasteiger partial charge in [0.1, 0.15) is 12.6 Å². The standard InChI is InChI=1S/C11H15N5O3/c1-6-10(18)13-8(17)5-16(6)11-15-14-9(19-11)4-12-7-2-3-7/h6-7,12H,2-5H2,1H3,(H,13,17,18). The Morgan fingerprint density at radius 1 is 1.42 bits per heavy atom. The zero-order valence-electron chi connectivity index (χ0n) is 10.5. The van der Waals surface area contributed by atoms with Crippen LogP contribution in [0.5, 0.6) is 0 Å². The predicted molar refractivity (Wildman–Crippen MR) is 64.1 cm³/mol. The number of imide groups is 1. The average molecular weight is 265 g/mol. The Hall–Kier alpha value is -1.96. The number of hydrogen-bond acceptors (Lipinski definition) is 7. The van der Waals surface area contributed by atoms with Crippen molar-refractivity contribution in [2.24, 2.45) is 0 Å². The quantitative estimate of drug-likeness (QED) is 0.685. The van der Waals surface area contributed by atoms with E-state index in [1.54, 1.807) is 6.92 Å². The summed E-state index contributed by atoms with van der Waals surface area (Å²) in [5, 5.41) is 13.3. The van der Waals surface area contributed by atoms with Gasteiger partial charge in [0, 0.05) is 6.04 Å². The normalized spacial score (nSPS) is 23.6. The monoisotopic (exact) mass is 265 g/mol. The Bertz CT molecular complexity index is 510. The van der Waals surface area contributed by atoms with Gasteiger partial charge in [-0.1, -0.05) is 5.10 Å². The fraction of sp³-hybridized carbons (Fsp3) is 0.636. The Morgan fingerprint density at radius 3 is 2.95 bits per heavy atom. The van der Waals surface area contributed by atoms with Gasteiger partial charge in [-0.15, -0.1) is 5.10 Å². The molecule has 2 N–H and O–H groups in total. The van der Waals surface area contributed by atoms with Crippen molar-refractivity contribution in [2.75, 3.05) is 11.4 Å². The van der Waals surface area contributed by atoms with Gasteiger partial charge in [-0.25, -0.2) is 0 Å². The minimum Gasteiger partial charge on any atom is -0.407 e. The molecule has 8 nitrogen and oxygen atoms in total. The highest BCUT2D eigenvalue weighted by molar-refractivity contribution is 6.03. The van der Waals surface area contributed by atoms with E-state index in [4.69, 9.17) is 4.42 Å². The molecule has 8 heteroatoms. The maximum absolute atomic E-state index is 11.5. The van der Waals surface area contributed by atoms with Crippen molar-refractivity contribution in [3.05, 3.63) is 5.89 Å². The minimum atomic E-state index is -0.498. The Labute approximate surface area is 109 Å². The summed E-state index contributed by atoms with van der Waals surface area (Å²) in [6.07, 6.45) is 2.36. The van der Waals surface area contributed by atoms with E-state index in [-0.39, 0.29) is 24.4 Å². The molecule has 102 valence electrons. The van der Waals surface area contributed by atoms with E-state index in [1.165, 1.54) is 17.7 Å². The first-order valence-electron chi connectivity index (χ1n) is 6.29. The molecule has 1 atom stereocenters. The molecule has 0 spiro atoms. The number of nitrogens with zero attached hydrogens (tertiary/aromatic N) is 3. The van der Waals surface area contributed by atoms with Gasteiger partial charge < -0.3 is 14.6 Å². The number of anilines is 1. The fourth-order valence-electron chi connectivity index (χ4n) is 1.90. The maximum Gasteiger partial charge on any atom is 0.319 e. The van der Waals surface area contributed by atoms with Crippen molar-refractivity contribution in [1.82, 2.24) is 20.8 Å². The van der Waals surface area contributed by atoms with Crippen molar-refractivity contribution in [1.29, 1.82) is 0 Å². The number of amides is 2. The number of piperazine rings is 1. The van der Waals surface area contributed by atoms with Crippen molar-refractivity contribution in [3.63, 3.8) is 0 Å². The topological polar surface area (TPSA) is 100 Å². The Kier molecular flexibility index (Phi) is 2.94. The minimum absolute atomic E-state index is 0.0462. The molecule has 0 aromatic carbocycles. The predicted octanol–water partition coefficient (Wildman–Crippen LogP) is -0.827. The maximum atomic E-state index is 11.5. The van der Waals surface area contributed by atoms with Crippen LogP contribution >= 0.6 is 0 Å². The van der Waals surface area contributed by atoms with Crippen LogP contribution in [0.4, 0.5) is 6.01 Å². The molecule has 2 aliphatic rings. The second-order valence-corrected chi connectivity index (χ2v) is 4.85. The van der Waals surface area contributed by atoms with Gasteiger partial charge in [-0.05, 0) is 19.8 Å².